The number of aromatic nitrogens is 2. The lowest BCUT2D eigenvalue weighted by Crippen LogP contribution is -2.38. The van der Waals surface area contributed by atoms with Gasteiger partial charge in [0.2, 0.25) is 0 Å². The van der Waals surface area contributed by atoms with E-state index in [-0.39, 0.29) is 12.4 Å². The summed E-state index contributed by atoms with van der Waals surface area (Å²) >= 11 is 5.64. The van der Waals surface area contributed by atoms with Crippen molar-refractivity contribution in [1.29, 1.82) is 0 Å². The van der Waals surface area contributed by atoms with Gasteiger partial charge in [-0.15, -0.1) is 22.6 Å². The van der Waals surface area contributed by atoms with E-state index in [4.69, 9.17) is 11.6 Å². The molecule has 1 aromatic heterocycles. The average molecular weight is 249 g/mol. The first-order valence-corrected chi connectivity index (χ1v) is 5.19. The lowest BCUT2D eigenvalue weighted by atomic mass is 10.1. The average Bonchev–Trinajstić information content (AvgIpc) is 2.23. The third-order valence-corrected chi connectivity index (χ3v) is 2.48. The molecule has 84 valence electrons. The number of anilines is 1. The van der Waals surface area contributed by atoms with Crippen LogP contribution in [0.1, 0.15) is 12.8 Å². The van der Waals surface area contributed by atoms with E-state index in [2.05, 4.69) is 20.8 Å². The monoisotopic (exact) mass is 248 g/mol. The van der Waals surface area contributed by atoms with Crippen molar-refractivity contribution >= 4 is 29.8 Å². The SMILES string of the molecule is Cl.Clc1ccc(N[C@H]2CCCNC2)nn1. The number of rotatable bonds is 2. The van der Waals surface area contributed by atoms with E-state index in [9.17, 15) is 0 Å². The Morgan fingerprint density at radius 1 is 1.40 bits per heavy atom. The van der Waals surface area contributed by atoms with E-state index >= 15 is 0 Å². The molecule has 2 N–H and O–H groups in total. The fraction of sp³-hybridized carbons (Fsp3) is 0.556. The second-order valence-corrected chi connectivity index (χ2v) is 3.82. The minimum absolute atomic E-state index is 0. The van der Waals surface area contributed by atoms with Crippen LogP contribution in [-0.2, 0) is 0 Å². The summed E-state index contributed by atoms with van der Waals surface area (Å²) in [5.41, 5.74) is 0. The molecule has 4 nitrogen and oxygen atoms in total. The Balaban J connectivity index is 0.00000112. The van der Waals surface area contributed by atoms with E-state index in [1.807, 2.05) is 6.07 Å². The Kier molecular flexibility index (Phi) is 5.08. The summed E-state index contributed by atoms with van der Waals surface area (Å²) in [7, 11) is 0. The summed E-state index contributed by atoms with van der Waals surface area (Å²) in [6.07, 6.45) is 2.38. The van der Waals surface area contributed by atoms with Gasteiger partial charge in [-0.05, 0) is 31.5 Å². The van der Waals surface area contributed by atoms with E-state index in [0.29, 0.717) is 11.2 Å². The normalized spacial score (nSPS) is 20.5. The first kappa shape index (κ1) is 12.5. The molecule has 0 radical (unpaired) electrons. The topological polar surface area (TPSA) is 49.8 Å². The standard InChI is InChI=1S/C9H13ClN4.ClH/c10-8-3-4-9(14-13-8)12-7-2-1-5-11-6-7;/h3-4,7,11H,1-2,5-6H2,(H,12,14);1H/t7-;/m0./s1. The number of hydrogen-bond donors (Lipinski definition) is 2. The van der Waals surface area contributed by atoms with Gasteiger partial charge in [0, 0.05) is 12.6 Å². The molecule has 0 spiro atoms. The Labute approximate surface area is 100 Å². The van der Waals surface area contributed by atoms with E-state index < -0.39 is 0 Å². The van der Waals surface area contributed by atoms with Crippen LogP contribution in [0.3, 0.4) is 0 Å². The summed E-state index contributed by atoms with van der Waals surface area (Å²) < 4.78 is 0. The molecule has 1 aliphatic heterocycles. The molecular formula is C9H14Cl2N4. The Morgan fingerprint density at radius 3 is 2.87 bits per heavy atom. The predicted molar refractivity (Wildman–Crippen MR) is 63.8 cm³/mol. The number of halogens is 2. The smallest absolute Gasteiger partial charge is 0.151 e. The van der Waals surface area contributed by atoms with Crippen LogP contribution in [0.25, 0.3) is 0 Å². The van der Waals surface area contributed by atoms with Crippen LogP contribution in [0.15, 0.2) is 12.1 Å². The number of nitrogens with zero attached hydrogens (tertiary/aromatic N) is 2. The van der Waals surface area contributed by atoms with Gasteiger partial charge in [-0.2, -0.15) is 0 Å². The van der Waals surface area contributed by atoms with E-state index in [1.165, 1.54) is 12.8 Å². The van der Waals surface area contributed by atoms with Crippen molar-refractivity contribution < 1.29 is 0 Å². The maximum Gasteiger partial charge on any atom is 0.151 e. The van der Waals surface area contributed by atoms with Crippen molar-refractivity contribution in [3.63, 3.8) is 0 Å². The van der Waals surface area contributed by atoms with Crippen LogP contribution in [0.2, 0.25) is 5.15 Å². The zero-order valence-corrected chi connectivity index (χ0v) is 9.81. The molecule has 15 heavy (non-hydrogen) atoms. The summed E-state index contributed by atoms with van der Waals surface area (Å²) in [5.74, 6) is 0.795. The molecular weight excluding hydrogens is 235 g/mol. The van der Waals surface area contributed by atoms with Crippen LogP contribution >= 0.6 is 24.0 Å². The maximum atomic E-state index is 5.64. The van der Waals surface area contributed by atoms with E-state index in [0.717, 1.165) is 18.9 Å². The third kappa shape index (κ3) is 3.81. The van der Waals surface area contributed by atoms with Gasteiger partial charge >= 0.3 is 0 Å². The molecule has 1 atom stereocenters. The van der Waals surface area contributed by atoms with Gasteiger partial charge in [0.15, 0.2) is 5.15 Å². The molecule has 0 unspecified atom stereocenters. The lowest BCUT2D eigenvalue weighted by molar-refractivity contribution is 0.478. The summed E-state index contributed by atoms with van der Waals surface area (Å²) in [6, 6.07) is 4.05. The lowest BCUT2D eigenvalue weighted by Gasteiger charge is -2.23. The van der Waals surface area contributed by atoms with Gasteiger partial charge in [0.1, 0.15) is 5.82 Å². The highest BCUT2D eigenvalue weighted by molar-refractivity contribution is 6.29. The highest BCUT2D eigenvalue weighted by atomic mass is 35.5. The molecule has 2 heterocycles. The zero-order chi connectivity index (χ0) is 9.80. The second-order valence-electron chi connectivity index (χ2n) is 3.43. The van der Waals surface area contributed by atoms with Crippen molar-refractivity contribution in [1.82, 2.24) is 15.5 Å². The van der Waals surface area contributed by atoms with Crippen molar-refractivity contribution in [2.24, 2.45) is 0 Å². The molecule has 0 bridgehead atoms. The predicted octanol–water partition coefficient (Wildman–Crippen LogP) is 1.72. The molecule has 0 saturated carbocycles. The van der Waals surface area contributed by atoms with Crippen LogP contribution < -0.4 is 10.6 Å². The van der Waals surface area contributed by atoms with Gasteiger partial charge in [0.25, 0.3) is 0 Å². The van der Waals surface area contributed by atoms with Gasteiger partial charge in [-0.3, -0.25) is 0 Å². The molecule has 6 heteroatoms. The molecule has 2 rings (SSSR count). The third-order valence-electron chi connectivity index (χ3n) is 2.28. The minimum atomic E-state index is 0. The number of nitrogens with one attached hydrogen (secondary N) is 2. The highest BCUT2D eigenvalue weighted by Crippen LogP contribution is 2.10. The molecule has 1 aromatic rings. The van der Waals surface area contributed by atoms with Crippen molar-refractivity contribution in [2.45, 2.75) is 18.9 Å². The van der Waals surface area contributed by atoms with Crippen molar-refractivity contribution in [3.05, 3.63) is 17.3 Å². The molecule has 1 aliphatic rings. The Bertz CT molecular complexity index is 285. The van der Waals surface area contributed by atoms with Crippen LogP contribution in [0.5, 0.6) is 0 Å². The molecule has 0 amide bonds. The second kappa shape index (κ2) is 6.10. The van der Waals surface area contributed by atoms with E-state index in [1.54, 1.807) is 6.07 Å². The minimum Gasteiger partial charge on any atom is -0.365 e. The largest absolute Gasteiger partial charge is 0.365 e. The quantitative estimate of drug-likeness (QED) is 0.837. The Hall–Kier alpha value is -0.580. The number of hydrogen-bond acceptors (Lipinski definition) is 4. The van der Waals surface area contributed by atoms with Crippen LogP contribution in [0.4, 0.5) is 5.82 Å². The molecule has 0 aliphatic carbocycles. The van der Waals surface area contributed by atoms with Gasteiger partial charge in [-0.1, -0.05) is 11.6 Å². The van der Waals surface area contributed by atoms with Crippen LogP contribution in [0, 0.1) is 0 Å². The Morgan fingerprint density at radius 2 is 2.27 bits per heavy atom. The zero-order valence-electron chi connectivity index (χ0n) is 8.24. The first-order chi connectivity index (χ1) is 6.84. The highest BCUT2D eigenvalue weighted by Gasteiger charge is 2.12. The van der Waals surface area contributed by atoms with Gasteiger partial charge in [-0.25, -0.2) is 0 Å². The van der Waals surface area contributed by atoms with Crippen molar-refractivity contribution in [2.75, 3.05) is 18.4 Å². The summed E-state index contributed by atoms with van der Waals surface area (Å²) in [5, 5.41) is 14.8. The molecule has 0 aromatic carbocycles. The fourth-order valence-electron chi connectivity index (χ4n) is 1.58. The maximum absolute atomic E-state index is 5.64. The number of piperidine rings is 1. The first-order valence-electron chi connectivity index (χ1n) is 4.81. The van der Waals surface area contributed by atoms with Gasteiger partial charge in [0.05, 0.1) is 0 Å². The summed E-state index contributed by atoms with van der Waals surface area (Å²) in [6.45, 7) is 2.11. The molecule has 1 saturated heterocycles. The van der Waals surface area contributed by atoms with Crippen LogP contribution in [-0.4, -0.2) is 29.3 Å². The fourth-order valence-corrected chi connectivity index (χ4v) is 1.68. The summed E-state index contributed by atoms with van der Waals surface area (Å²) in [4.78, 5) is 0. The molecule has 1 fully saturated rings. The van der Waals surface area contributed by atoms with Gasteiger partial charge < -0.3 is 10.6 Å². The van der Waals surface area contributed by atoms with Crippen molar-refractivity contribution in [3.8, 4) is 0 Å².